The lowest BCUT2D eigenvalue weighted by atomic mass is 9.99. The third-order valence-electron chi connectivity index (χ3n) is 4.62. The number of aliphatic hydroxyl groups excluding tert-OH is 1. The second kappa shape index (κ2) is 11.5. The molecular formula is C21H29NO5. The zero-order valence-corrected chi connectivity index (χ0v) is 15.6. The van der Waals surface area contributed by atoms with Crippen LogP contribution in [0.4, 0.5) is 0 Å². The highest BCUT2D eigenvalue weighted by Crippen LogP contribution is 2.20. The van der Waals surface area contributed by atoms with E-state index in [1.165, 1.54) is 0 Å². The van der Waals surface area contributed by atoms with Crippen molar-refractivity contribution >= 4 is 11.9 Å². The van der Waals surface area contributed by atoms with Crippen LogP contribution < -0.4 is 0 Å². The second-order valence-electron chi connectivity index (χ2n) is 6.84. The molecule has 2 unspecified atom stereocenters. The van der Waals surface area contributed by atoms with E-state index in [9.17, 15) is 14.7 Å². The largest absolute Gasteiger partial charge is 0.480 e. The Morgan fingerprint density at radius 3 is 2.81 bits per heavy atom. The monoisotopic (exact) mass is 375 g/mol. The van der Waals surface area contributed by atoms with E-state index in [1.807, 2.05) is 41.3 Å². The van der Waals surface area contributed by atoms with Gasteiger partial charge in [0.1, 0.15) is 6.61 Å². The number of hydrogen-bond donors (Lipinski definition) is 2. The lowest BCUT2D eigenvalue weighted by molar-refractivity contribution is -0.142. The van der Waals surface area contributed by atoms with Crippen LogP contribution in [0.1, 0.15) is 37.7 Å². The van der Waals surface area contributed by atoms with E-state index < -0.39 is 12.1 Å². The third-order valence-corrected chi connectivity index (χ3v) is 4.62. The van der Waals surface area contributed by atoms with E-state index in [0.29, 0.717) is 32.4 Å². The third kappa shape index (κ3) is 7.93. The average Bonchev–Trinajstić information content (AvgIpc) is 2.65. The topological polar surface area (TPSA) is 87.1 Å². The lowest BCUT2D eigenvalue weighted by Crippen LogP contribution is -2.43. The number of amides is 1. The van der Waals surface area contributed by atoms with Crippen molar-refractivity contribution in [3.8, 4) is 0 Å². The van der Waals surface area contributed by atoms with Crippen LogP contribution in [0.5, 0.6) is 0 Å². The molecule has 27 heavy (non-hydrogen) atoms. The molecule has 0 aliphatic carbocycles. The van der Waals surface area contributed by atoms with E-state index in [1.54, 1.807) is 6.08 Å². The number of likely N-dealkylation sites (tertiary alicyclic amines) is 1. The highest BCUT2D eigenvalue weighted by molar-refractivity contribution is 5.77. The summed E-state index contributed by atoms with van der Waals surface area (Å²) < 4.78 is 5.02. The fraction of sp³-hybridized carbons (Fsp3) is 0.524. The predicted octanol–water partition coefficient (Wildman–Crippen LogP) is 2.41. The molecular weight excluding hydrogens is 346 g/mol. The molecule has 1 fully saturated rings. The van der Waals surface area contributed by atoms with Gasteiger partial charge in [-0.1, -0.05) is 42.5 Å². The summed E-state index contributed by atoms with van der Waals surface area (Å²) in [6, 6.07) is 9.83. The van der Waals surface area contributed by atoms with E-state index in [2.05, 4.69) is 0 Å². The SMILES string of the molecule is O=C(O)COCCCCN1C(=O)CCCC1C=CC(O)Cc1ccccc1. The van der Waals surface area contributed by atoms with Gasteiger partial charge in [-0.2, -0.15) is 0 Å². The fourth-order valence-electron chi connectivity index (χ4n) is 3.26. The Hall–Kier alpha value is -2.18. The van der Waals surface area contributed by atoms with Crippen molar-refractivity contribution in [2.24, 2.45) is 0 Å². The summed E-state index contributed by atoms with van der Waals surface area (Å²) in [5.74, 6) is -0.833. The summed E-state index contributed by atoms with van der Waals surface area (Å²) in [7, 11) is 0. The molecule has 1 aromatic carbocycles. The zero-order chi connectivity index (χ0) is 19.5. The number of unbranched alkanes of at least 4 members (excludes halogenated alkanes) is 1. The smallest absolute Gasteiger partial charge is 0.329 e. The number of carboxylic acid groups (broad SMARTS) is 1. The number of carbonyl (C=O) groups is 2. The van der Waals surface area contributed by atoms with Crippen LogP contribution in [0.25, 0.3) is 0 Å². The van der Waals surface area contributed by atoms with Crippen molar-refractivity contribution in [3.05, 3.63) is 48.0 Å². The molecule has 2 N–H and O–H groups in total. The van der Waals surface area contributed by atoms with Crippen LogP contribution in [0, 0.1) is 0 Å². The van der Waals surface area contributed by atoms with Gasteiger partial charge >= 0.3 is 5.97 Å². The molecule has 2 rings (SSSR count). The van der Waals surface area contributed by atoms with Gasteiger partial charge in [-0.3, -0.25) is 4.79 Å². The van der Waals surface area contributed by atoms with Crippen LogP contribution in [0.15, 0.2) is 42.5 Å². The van der Waals surface area contributed by atoms with Crippen LogP contribution in [-0.2, 0) is 20.7 Å². The molecule has 1 amide bonds. The van der Waals surface area contributed by atoms with E-state index in [0.717, 1.165) is 24.8 Å². The lowest BCUT2D eigenvalue weighted by Gasteiger charge is -2.34. The Morgan fingerprint density at radius 2 is 2.07 bits per heavy atom. The molecule has 2 atom stereocenters. The minimum atomic E-state index is -0.972. The molecule has 6 nitrogen and oxygen atoms in total. The molecule has 1 aromatic rings. The number of aliphatic carboxylic acids is 1. The van der Waals surface area contributed by atoms with E-state index in [-0.39, 0.29) is 18.6 Å². The van der Waals surface area contributed by atoms with Gasteiger partial charge in [-0.15, -0.1) is 0 Å². The summed E-state index contributed by atoms with van der Waals surface area (Å²) in [5.41, 5.74) is 1.08. The zero-order valence-electron chi connectivity index (χ0n) is 15.6. The molecule has 0 aromatic heterocycles. The quantitative estimate of drug-likeness (QED) is 0.458. The van der Waals surface area contributed by atoms with Gasteiger partial charge in [0.2, 0.25) is 5.91 Å². The van der Waals surface area contributed by atoms with Gasteiger partial charge in [-0.05, 0) is 31.2 Å². The van der Waals surface area contributed by atoms with Crippen molar-refractivity contribution in [1.29, 1.82) is 0 Å². The maximum absolute atomic E-state index is 12.3. The highest BCUT2D eigenvalue weighted by atomic mass is 16.5. The summed E-state index contributed by atoms with van der Waals surface area (Å²) >= 11 is 0. The first-order valence-electron chi connectivity index (χ1n) is 9.55. The number of benzene rings is 1. The first-order chi connectivity index (χ1) is 13.1. The van der Waals surface area contributed by atoms with Crippen LogP contribution in [-0.4, -0.2) is 58.9 Å². The number of hydrogen-bond acceptors (Lipinski definition) is 4. The number of piperidine rings is 1. The van der Waals surface area contributed by atoms with Crippen molar-refractivity contribution in [1.82, 2.24) is 4.90 Å². The molecule has 0 radical (unpaired) electrons. The van der Waals surface area contributed by atoms with Gasteiger partial charge < -0.3 is 19.8 Å². The molecule has 1 aliphatic rings. The number of carboxylic acids is 1. The van der Waals surface area contributed by atoms with Crippen molar-refractivity contribution in [2.45, 2.75) is 50.7 Å². The summed E-state index contributed by atoms with van der Waals surface area (Å²) in [6.45, 7) is 0.719. The van der Waals surface area contributed by atoms with Crippen molar-refractivity contribution in [3.63, 3.8) is 0 Å². The van der Waals surface area contributed by atoms with Crippen molar-refractivity contribution in [2.75, 3.05) is 19.8 Å². The van der Waals surface area contributed by atoms with Gasteiger partial charge in [0.15, 0.2) is 0 Å². The van der Waals surface area contributed by atoms with Gasteiger partial charge in [0.25, 0.3) is 0 Å². The van der Waals surface area contributed by atoms with E-state index >= 15 is 0 Å². The van der Waals surface area contributed by atoms with Gasteiger partial charge in [0, 0.05) is 26.0 Å². The molecule has 1 saturated heterocycles. The Labute approximate surface area is 160 Å². The van der Waals surface area contributed by atoms with Gasteiger partial charge in [-0.25, -0.2) is 4.79 Å². The first kappa shape index (κ1) is 21.1. The number of ether oxygens (including phenoxy) is 1. The van der Waals surface area contributed by atoms with E-state index in [4.69, 9.17) is 9.84 Å². The van der Waals surface area contributed by atoms with Crippen LogP contribution >= 0.6 is 0 Å². The number of carbonyl (C=O) groups excluding carboxylic acids is 1. The molecule has 0 saturated carbocycles. The van der Waals surface area contributed by atoms with Gasteiger partial charge in [0.05, 0.1) is 12.1 Å². The minimum Gasteiger partial charge on any atom is -0.480 e. The summed E-state index contributed by atoms with van der Waals surface area (Å²) in [6.07, 6.45) is 7.52. The first-order valence-corrected chi connectivity index (χ1v) is 9.55. The summed E-state index contributed by atoms with van der Waals surface area (Å²) in [5, 5.41) is 18.8. The number of rotatable bonds is 11. The predicted molar refractivity (Wildman–Crippen MR) is 102 cm³/mol. The standard InChI is InChI=1S/C21H29NO5/c23-19(15-17-7-2-1-3-8-17)12-11-18-9-6-10-20(24)22(18)13-4-5-14-27-16-21(25)26/h1-3,7-8,11-12,18-19,23H,4-6,9-10,13-16H2,(H,25,26). The van der Waals surface area contributed by atoms with Crippen LogP contribution in [0.2, 0.25) is 0 Å². The Balaban J connectivity index is 1.79. The molecule has 1 aliphatic heterocycles. The average molecular weight is 375 g/mol. The normalized spacial score (nSPS) is 18.8. The molecule has 0 spiro atoms. The van der Waals surface area contributed by atoms with Crippen molar-refractivity contribution < 1.29 is 24.5 Å². The van der Waals surface area contributed by atoms with Crippen LogP contribution in [0.3, 0.4) is 0 Å². The number of aliphatic hydroxyl groups is 1. The Bertz CT molecular complexity index is 616. The Morgan fingerprint density at radius 1 is 1.30 bits per heavy atom. The molecule has 6 heteroatoms. The Kier molecular flexibility index (Phi) is 9.01. The molecule has 148 valence electrons. The molecule has 0 bridgehead atoms. The number of nitrogens with zero attached hydrogens (tertiary/aromatic N) is 1. The maximum atomic E-state index is 12.3. The highest BCUT2D eigenvalue weighted by Gasteiger charge is 2.25. The second-order valence-corrected chi connectivity index (χ2v) is 6.84. The maximum Gasteiger partial charge on any atom is 0.329 e. The summed E-state index contributed by atoms with van der Waals surface area (Å²) in [4.78, 5) is 24.5. The fourth-order valence-corrected chi connectivity index (χ4v) is 3.26. The minimum absolute atomic E-state index is 0.0108. The molecule has 1 heterocycles.